The molecule has 0 atom stereocenters. The first-order valence-corrected chi connectivity index (χ1v) is 8.14. The summed E-state index contributed by atoms with van der Waals surface area (Å²) in [5.41, 5.74) is 2.20. The van der Waals surface area contributed by atoms with Gasteiger partial charge < -0.3 is 5.11 Å². The highest BCUT2D eigenvalue weighted by atomic mass is 32.2. The van der Waals surface area contributed by atoms with Gasteiger partial charge in [-0.15, -0.1) is 11.8 Å². The maximum Gasteiger partial charge on any atom is 0.0713 e. The fourth-order valence-electron chi connectivity index (χ4n) is 2.03. The lowest BCUT2D eigenvalue weighted by Gasteiger charge is -2.05. The second-order valence-corrected chi connectivity index (χ2v) is 5.90. The summed E-state index contributed by atoms with van der Waals surface area (Å²) in [6.45, 7) is 0.317. The van der Waals surface area contributed by atoms with Gasteiger partial charge in [-0.25, -0.2) is 0 Å². The van der Waals surface area contributed by atoms with Gasteiger partial charge in [-0.05, 0) is 30.7 Å². The van der Waals surface area contributed by atoms with Gasteiger partial charge in [0, 0.05) is 23.3 Å². The highest BCUT2D eigenvalue weighted by Gasteiger charge is 2.00. The zero-order chi connectivity index (χ0) is 14.0. The fourth-order valence-corrected chi connectivity index (χ4v) is 2.96. The minimum absolute atomic E-state index is 0.317. The van der Waals surface area contributed by atoms with Crippen LogP contribution < -0.4 is 0 Å². The van der Waals surface area contributed by atoms with E-state index in [4.69, 9.17) is 5.11 Å². The van der Waals surface area contributed by atoms with Crippen LogP contribution in [0.25, 0.3) is 11.3 Å². The van der Waals surface area contributed by atoms with E-state index in [2.05, 4.69) is 29.2 Å². The largest absolute Gasteiger partial charge is 0.396 e. The quantitative estimate of drug-likeness (QED) is 0.577. The van der Waals surface area contributed by atoms with Crippen molar-refractivity contribution in [2.75, 3.05) is 12.4 Å². The van der Waals surface area contributed by atoms with Gasteiger partial charge in [0.05, 0.1) is 5.69 Å². The second-order valence-electron chi connectivity index (χ2n) is 4.73. The van der Waals surface area contributed by atoms with E-state index < -0.39 is 0 Å². The average Bonchev–Trinajstić information content (AvgIpc) is 2.52. The van der Waals surface area contributed by atoms with Crippen molar-refractivity contribution < 1.29 is 5.11 Å². The maximum atomic E-state index is 8.73. The van der Waals surface area contributed by atoms with Crippen molar-refractivity contribution in [3.8, 4) is 11.3 Å². The summed E-state index contributed by atoms with van der Waals surface area (Å²) < 4.78 is 0. The van der Waals surface area contributed by atoms with E-state index in [9.17, 15) is 0 Å². The molecule has 0 bridgehead atoms. The van der Waals surface area contributed by atoms with Crippen molar-refractivity contribution in [3.05, 3.63) is 48.7 Å². The minimum Gasteiger partial charge on any atom is -0.396 e. The molecule has 1 N–H and O–H groups in total. The summed E-state index contributed by atoms with van der Waals surface area (Å²) in [7, 11) is 0. The molecule has 0 fully saturated rings. The van der Waals surface area contributed by atoms with Gasteiger partial charge in [0.1, 0.15) is 0 Å². The summed E-state index contributed by atoms with van der Waals surface area (Å²) in [5.74, 6) is 1.13. The number of aliphatic hydroxyl groups excluding tert-OH is 1. The number of aliphatic hydroxyl groups is 1. The topological polar surface area (TPSA) is 33.1 Å². The van der Waals surface area contributed by atoms with Crippen molar-refractivity contribution >= 4 is 11.8 Å². The molecule has 2 nitrogen and oxygen atoms in total. The van der Waals surface area contributed by atoms with Crippen LogP contribution in [0, 0.1) is 0 Å². The Morgan fingerprint density at radius 2 is 1.75 bits per heavy atom. The number of hydrogen-bond acceptors (Lipinski definition) is 3. The second kappa shape index (κ2) is 8.77. The Morgan fingerprint density at radius 1 is 0.950 bits per heavy atom. The number of nitrogens with zero attached hydrogens (tertiary/aromatic N) is 1. The molecule has 0 spiro atoms. The average molecular weight is 287 g/mol. The molecular formula is C17H21NOS. The third-order valence-corrected chi connectivity index (χ3v) is 4.20. The molecule has 0 aliphatic rings. The molecule has 1 aromatic heterocycles. The third-order valence-electron chi connectivity index (χ3n) is 3.12. The molecule has 2 aromatic rings. The Bertz CT molecular complexity index is 501. The fraction of sp³-hybridized carbons (Fsp3) is 0.353. The molecular weight excluding hydrogens is 266 g/mol. The van der Waals surface area contributed by atoms with Crippen molar-refractivity contribution in [1.29, 1.82) is 0 Å². The van der Waals surface area contributed by atoms with Crippen LogP contribution >= 0.6 is 11.8 Å². The number of unbranched alkanes of at least 4 members (excludes halogenated alkanes) is 3. The van der Waals surface area contributed by atoms with E-state index in [1.165, 1.54) is 17.7 Å². The smallest absolute Gasteiger partial charge is 0.0713 e. The zero-order valence-corrected chi connectivity index (χ0v) is 12.5. The van der Waals surface area contributed by atoms with Crippen LogP contribution in [0.3, 0.4) is 0 Å². The van der Waals surface area contributed by atoms with E-state index in [0.717, 1.165) is 29.9 Å². The molecule has 0 aliphatic carbocycles. The molecule has 0 aliphatic heterocycles. The molecule has 2 rings (SSSR count). The number of hydrogen-bond donors (Lipinski definition) is 1. The van der Waals surface area contributed by atoms with Gasteiger partial charge in [-0.3, -0.25) is 4.98 Å². The highest BCUT2D eigenvalue weighted by Crippen LogP contribution is 2.24. The monoisotopic (exact) mass is 287 g/mol. The minimum atomic E-state index is 0.317. The van der Waals surface area contributed by atoms with Gasteiger partial charge in [0.25, 0.3) is 0 Å². The predicted molar refractivity (Wildman–Crippen MR) is 86.0 cm³/mol. The molecule has 20 heavy (non-hydrogen) atoms. The predicted octanol–water partition coefficient (Wildman–Crippen LogP) is 4.39. The molecule has 106 valence electrons. The van der Waals surface area contributed by atoms with Gasteiger partial charge in [-0.2, -0.15) is 0 Å². The van der Waals surface area contributed by atoms with Crippen LogP contribution in [0.1, 0.15) is 25.7 Å². The number of benzene rings is 1. The summed E-state index contributed by atoms with van der Waals surface area (Å²) in [6, 6.07) is 14.5. The lowest BCUT2D eigenvalue weighted by atomic mass is 10.1. The van der Waals surface area contributed by atoms with Crippen LogP contribution in [0.4, 0.5) is 0 Å². The molecule has 0 unspecified atom stereocenters. The standard InChI is InChI=1S/C17H21NOS/c19-12-6-1-2-7-13-20-16-10-11-18-17(14-16)15-8-4-3-5-9-15/h3-5,8-11,14,19H,1-2,6-7,12-13H2. The summed E-state index contributed by atoms with van der Waals surface area (Å²) >= 11 is 1.88. The molecule has 0 radical (unpaired) electrons. The van der Waals surface area contributed by atoms with E-state index >= 15 is 0 Å². The molecule has 0 saturated carbocycles. The maximum absolute atomic E-state index is 8.73. The van der Waals surface area contributed by atoms with E-state index in [-0.39, 0.29) is 0 Å². The SMILES string of the molecule is OCCCCCCSc1ccnc(-c2ccccc2)c1. The van der Waals surface area contributed by atoms with Crippen LogP contribution in [-0.4, -0.2) is 22.5 Å². The first-order valence-electron chi connectivity index (χ1n) is 7.15. The highest BCUT2D eigenvalue weighted by molar-refractivity contribution is 7.99. The van der Waals surface area contributed by atoms with Crippen LogP contribution in [0.5, 0.6) is 0 Å². The van der Waals surface area contributed by atoms with Gasteiger partial charge in [0.15, 0.2) is 0 Å². The summed E-state index contributed by atoms with van der Waals surface area (Å²) in [4.78, 5) is 5.72. The molecule has 1 heterocycles. The third kappa shape index (κ3) is 4.99. The number of thioether (sulfide) groups is 1. The van der Waals surface area contributed by atoms with Crippen molar-refractivity contribution in [2.45, 2.75) is 30.6 Å². The Balaban J connectivity index is 1.84. The lowest BCUT2D eigenvalue weighted by molar-refractivity contribution is 0.283. The Morgan fingerprint density at radius 3 is 2.55 bits per heavy atom. The van der Waals surface area contributed by atoms with Crippen LogP contribution in [0.2, 0.25) is 0 Å². The van der Waals surface area contributed by atoms with E-state index in [1.54, 1.807) is 0 Å². The van der Waals surface area contributed by atoms with E-state index in [1.807, 2.05) is 36.2 Å². The van der Waals surface area contributed by atoms with Crippen LogP contribution in [0.15, 0.2) is 53.6 Å². The first-order chi connectivity index (χ1) is 9.90. The molecule has 1 aromatic carbocycles. The van der Waals surface area contributed by atoms with Gasteiger partial charge >= 0.3 is 0 Å². The van der Waals surface area contributed by atoms with Crippen molar-refractivity contribution in [1.82, 2.24) is 4.98 Å². The Labute approximate surface area is 125 Å². The molecule has 0 amide bonds. The first kappa shape index (κ1) is 15.1. The van der Waals surface area contributed by atoms with E-state index in [0.29, 0.717) is 6.61 Å². The number of rotatable bonds is 8. The lowest BCUT2D eigenvalue weighted by Crippen LogP contribution is -1.87. The number of pyridine rings is 1. The van der Waals surface area contributed by atoms with Gasteiger partial charge in [0.2, 0.25) is 0 Å². The molecule has 3 heteroatoms. The Kier molecular flexibility index (Phi) is 6.61. The van der Waals surface area contributed by atoms with Crippen molar-refractivity contribution in [3.63, 3.8) is 0 Å². The van der Waals surface area contributed by atoms with Gasteiger partial charge in [-0.1, -0.05) is 43.2 Å². The van der Waals surface area contributed by atoms with Crippen molar-refractivity contribution in [2.24, 2.45) is 0 Å². The normalized spacial score (nSPS) is 10.7. The number of aromatic nitrogens is 1. The zero-order valence-electron chi connectivity index (χ0n) is 11.7. The summed E-state index contributed by atoms with van der Waals surface area (Å²) in [6.07, 6.45) is 6.34. The summed E-state index contributed by atoms with van der Waals surface area (Å²) in [5, 5.41) is 8.73. The van der Waals surface area contributed by atoms with Crippen LogP contribution in [-0.2, 0) is 0 Å². The Hall–Kier alpha value is -1.32. The molecule has 0 saturated heterocycles.